The largest absolute Gasteiger partial charge is 0.573 e. The van der Waals surface area contributed by atoms with Crippen LogP contribution in [0.5, 0.6) is 11.5 Å². The van der Waals surface area contributed by atoms with E-state index in [1.54, 1.807) is 29.7 Å². The van der Waals surface area contributed by atoms with Crippen LogP contribution in [0.4, 0.5) is 13.2 Å². The lowest BCUT2D eigenvalue weighted by molar-refractivity contribution is -0.274. The Morgan fingerprint density at radius 2 is 1.96 bits per heavy atom. The van der Waals surface area contributed by atoms with E-state index in [2.05, 4.69) is 14.7 Å². The predicted octanol–water partition coefficient (Wildman–Crippen LogP) is 4.65. The molecule has 0 spiro atoms. The van der Waals surface area contributed by atoms with Crippen molar-refractivity contribution in [2.24, 2.45) is 0 Å². The van der Waals surface area contributed by atoms with Crippen LogP contribution in [0.2, 0.25) is 0 Å². The highest BCUT2D eigenvalue weighted by Gasteiger charge is 2.31. The maximum absolute atomic E-state index is 12.3. The molecule has 1 aromatic carbocycles. The molecule has 0 aliphatic rings. The normalized spacial score (nSPS) is 11.8. The van der Waals surface area contributed by atoms with Gasteiger partial charge in [0.1, 0.15) is 17.8 Å². The lowest BCUT2D eigenvalue weighted by atomic mass is 10.1. The van der Waals surface area contributed by atoms with Crippen molar-refractivity contribution in [2.45, 2.75) is 26.0 Å². The molecule has 3 rings (SSSR count). The first-order valence-corrected chi connectivity index (χ1v) is 8.58. The van der Waals surface area contributed by atoms with E-state index in [-0.39, 0.29) is 5.75 Å². The highest BCUT2D eigenvalue weighted by molar-refractivity contribution is 7.97. The van der Waals surface area contributed by atoms with Crippen LogP contribution >= 0.6 is 11.9 Å². The Hall–Kier alpha value is -2.42. The van der Waals surface area contributed by atoms with Crippen molar-refractivity contribution >= 4 is 23.0 Å². The van der Waals surface area contributed by atoms with E-state index in [1.807, 2.05) is 13.8 Å². The fourth-order valence-corrected chi connectivity index (χ4v) is 3.58. The summed E-state index contributed by atoms with van der Waals surface area (Å²) in [4.78, 5) is 8.58. The molecule has 0 radical (unpaired) electrons. The second-order valence-electron chi connectivity index (χ2n) is 5.59. The lowest BCUT2D eigenvalue weighted by Crippen LogP contribution is -2.16. The summed E-state index contributed by atoms with van der Waals surface area (Å²) in [5.41, 5.74) is 3.91. The van der Waals surface area contributed by atoms with Crippen LogP contribution < -0.4 is 9.47 Å². The molecule has 3 aromatic rings. The second-order valence-corrected chi connectivity index (χ2v) is 6.53. The number of hydrogen-bond acceptors (Lipinski definition) is 5. The molecule has 0 atom stereocenters. The zero-order valence-corrected chi connectivity index (χ0v) is 15.1. The highest BCUT2D eigenvalue weighted by atomic mass is 32.2. The van der Waals surface area contributed by atoms with Gasteiger partial charge in [0.2, 0.25) is 0 Å². The Labute approximate surface area is 152 Å². The van der Waals surface area contributed by atoms with Crippen molar-refractivity contribution in [3.05, 3.63) is 47.5 Å². The van der Waals surface area contributed by atoms with E-state index in [4.69, 9.17) is 4.74 Å². The number of pyridine rings is 1. The molecule has 138 valence electrons. The molecule has 0 bridgehead atoms. The highest BCUT2D eigenvalue weighted by Crippen LogP contribution is 2.30. The zero-order valence-electron chi connectivity index (χ0n) is 14.3. The van der Waals surface area contributed by atoms with E-state index < -0.39 is 6.36 Å². The van der Waals surface area contributed by atoms with Crippen molar-refractivity contribution in [1.82, 2.24) is 13.9 Å². The van der Waals surface area contributed by atoms with Crippen LogP contribution in [0, 0.1) is 13.8 Å². The minimum Gasteiger partial charge on any atom is -0.496 e. The molecule has 26 heavy (non-hydrogen) atoms. The third-order valence-corrected chi connectivity index (χ3v) is 4.78. The van der Waals surface area contributed by atoms with Crippen molar-refractivity contribution in [3.63, 3.8) is 0 Å². The second kappa shape index (κ2) is 7.06. The van der Waals surface area contributed by atoms with E-state index >= 15 is 0 Å². The molecule has 2 heterocycles. The first-order chi connectivity index (χ1) is 12.3. The number of fused-ring (bicyclic) bond motifs is 1. The summed E-state index contributed by atoms with van der Waals surface area (Å²) in [7, 11) is 1.62. The summed E-state index contributed by atoms with van der Waals surface area (Å²) in [6.45, 7) is 3.88. The summed E-state index contributed by atoms with van der Waals surface area (Å²) in [5, 5.41) is 0. The molecule has 2 aromatic heterocycles. The summed E-state index contributed by atoms with van der Waals surface area (Å²) < 4.78 is 48.1. The molecule has 0 aliphatic carbocycles. The minimum absolute atomic E-state index is 0.291. The van der Waals surface area contributed by atoms with Crippen molar-refractivity contribution in [1.29, 1.82) is 0 Å². The average Bonchev–Trinajstić information content (AvgIpc) is 2.95. The van der Waals surface area contributed by atoms with Crippen LogP contribution in [0.1, 0.15) is 16.8 Å². The molecule has 0 N–H and O–H groups in total. The van der Waals surface area contributed by atoms with Crippen molar-refractivity contribution in [2.75, 3.05) is 7.11 Å². The van der Waals surface area contributed by atoms with E-state index in [0.717, 1.165) is 22.6 Å². The fourth-order valence-electron chi connectivity index (χ4n) is 2.62. The number of imidazole rings is 1. The summed E-state index contributed by atoms with van der Waals surface area (Å²) in [5.74, 6) is 1.08. The molecule has 0 fully saturated rings. The first kappa shape index (κ1) is 18.4. The van der Waals surface area contributed by atoms with Crippen LogP contribution in [-0.2, 0) is 5.75 Å². The molecule has 5 nitrogen and oxygen atoms in total. The Balaban J connectivity index is 1.80. The van der Waals surface area contributed by atoms with Gasteiger partial charge in [0.05, 0.1) is 29.6 Å². The van der Waals surface area contributed by atoms with Gasteiger partial charge in [-0.2, -0.15) is 0 Å². The van der Waals surface area contributed by atoms with Gasteiger partial charge in [0, 0.05) is 23.4 Å². The Kier molecular flexibility index (Phi) is 4.99. The standard InChI is InChI=1S/C17H16F3N3O2S/c1-10-7-21-14(11(2)16(10)24-3)8-26-23-9-22-13-6-12(4-5-15(13)23)25-17(18,19)20/h4-7,9H,8H2,1-3H3. The smallest absolute Gasteiger partial charge is 0.496 e. The van der Waals surface area contributed by atoms with E-state index in [1.165, 1.54) is 24.1 Å². The minimum atomic E-state index is -4.72. The van der Waals surface area contributed by atoms with Crippen molar-refractivity contribution < 1.29 is 22.6 Å². The number of nitrogens with zero attached hydrogens (tertiary/aromatic N) is 3. The number of ether oxygens (including phenoxy) is 2. The number of methoxy groups -OCH3 is 1. The van der Waals surface area contributed by atoms with Gasteiger partial charge in [0.25, 0.3) is 0 Å². The predicted molar refractivity (Wildman–Crippen MR) is 93.4 cm³/mol. The SMILES string of the molecule is COc1c(C)cnc(CSn2cnc3cc(OC(F)(F)F)ccc32)c1C. The van der Waals surface area contributed by atoms with Crippen molar-refractivity contribution in [3.8, 4) is 11.5 Å². The first-order valence-electron chi connectivity index (χ1n) is 7.63. The summed E-state index contributed by atoms with van der Waals surface area (Å²) in [6, 6.07) is 4.08. The number of aromatic nitrogens is 3. The van der Waals surface area contributed by atoms with Gasteiger partial charge in [-0.25, -0.2) is 4.98 Å². The third kappa shape index (κ3) is 3.87. The topological polar surface area (TPSA) is 49.2 Å². The van der Waals surface area contributed by atoms with E-state index in [9.17, 15) is 13.2 Å². The van der Waals surface area contributed by atoms with E-state index in [0.29, 0.717) is 16.8 Å². The number of halogens is 3. The number of rotatable bonds is 5. The number of hydrogen-bond donors (Lipinski definition) is 0. The monoisotopic (exact) mass is 383 g/mol. The number of aryl methyl sites for hydroxylation is 1. The Bertz CT molecular complexity index is 941. The van der Waals surface area contributed by atoms with Gasteiger partial charge in [0.15, 0.2) is 0 Å². The molecule has 9 heteroatoms. The zero-order chi connectivity index (χ0) is 18.9. The third-order valence-electron chi connectivity index (χ3n) is 3.81. The Morgan fingerprint density at radius 1 is 1.19 bits per heavy atom. The molecule has 0 aliphatic heterocycles. The average molecular weight is 383 g/mol. The van der Waals surface area contributed by atoms with Gasteiger partial charge in [-0.15, -0.1) is 13.2 Å². The lowest BCUT2D eigenvalue weighted by Gasteiger charge is -2.12. The summed E-state index contributed by atoms with van der Waals surface area (Å²) in [6.07, 6.45) is -1.40. The molecular weight excluding hydrogens is 367 g/mol. The van der Waals surface area contributed by atoms with Crippen LogP contribution in [0.3, 0.4) is 0 Å². The molecule has 0 saturated carbocycles. The van der Waals surface area contributed by atoms with Gasteiger partial charge in [-0.05, 0) is 37.9 Å². The maximum Gasteiger partial charge on any atom is 0.573 e. The Morgan fingerprint density at radius 3 is 2.65 bits per heavy atom. The summed E-state index contributed by atoms with van der Waals surface area (Å²) >= 11 is 1.44. The van der Waals surface area contributed by atoms with Crippen LogP contribution in [-0.4, -0.2) is 27.4 Å². The molecule has 0 saturated heterocycles. The number of alkyl halides is 3. The molecular formula is C17H16F3N3O2S. The molecule has 0 unspecified atom stereocenters. The quantitative estimate of drug-likeness (QED) is 0.642. The fraction of sp³-hybridized carbons (Fsp3) is 0.294. The van der Waals surface area contributed by atoms with Gasteiger partial charge in [-0.3, -0.25) is 8.96 Å². The van der Waals surface area contributed by atoms with Crippen LogP contribution in [0.15, 0.2) is 30.7 Å². The van der Waals surface area contributed by atoms with Gasteiger partial charge in [-0.1, -0.05) is 0 Å². The number of benzene rings is 1. The maximum atomic E-state index is 12.3. The van der Waals surface area contributed by atoms with Crippen LogP contribution in [0.25, 0.3) is 11.0 Å². The van der Waals surface area contributed by atoms with Gasteiger partial charge < -0.3 is 9.47 Å². The molecule has 0 amide bonds. The van der Waals surface area contributed by atoms with Gasteiger partial charge >= 0.3 is 6.36 Å².